The van der Waals surface area contributed by atoms with Crippen molar-refractivity contribution in [2.75, 3.05) is 11.9 Å². The predicted octanol–water partition coefficient (Wildman–Crippen LogP) is 1.79. The number of nitriles is 1. The van der Waals surface area contributed by atoms with Crippen molar-refractivity contribution in [3.8, 4) is 6.07 Å². The summed E-state index contributed by atoms with van der Waals surface area (Å²) in [7, 11) is 1.69. The molecule has 0 aliphatic heterocycles. The van der Waals surface area contributed by atoms with E-state index in [1.807, 2.05) is 6.07 Å². The molecular formula is C14H17N3O. The zero-order valence-electron chi connectivity index (χ0n) is 10.5. The molecule has 1 aliphatic carbocycles. The molecule has 0 unspecified atom stereocenters. The van der Waals surface area contributed by atoms with Crippen molar-refractivity contribution in [2.45, 2.75) is 31.2 Å². The third-order valence-electron chi connectivity index (χ3n) is 3.61. The molecule has 18 heavy (non-hydrogen) atoms. The van der Waals surface area contributed by atoms with Gasteiger partial charge in [-0.2, -0.15) is 5.26 Å². The van der Waals surface area contributed by atoms with Crippen molar-refractivity contribution in [1.29, 1.82) is 5.26 Å². The normalized spacial score (nSPS) is 17.2. The van der Waals surface area contributed by atoms with Crippen molar-refractivity contribution >= 4 is 11.6 Å². The van der Waals surface area contributed by atoms with E-state index in [-0.39, 0.29) is 5.91 Å². The molecule has 0 aromatic heterocycles. The van der Waals surface area contributed by atoms with E-state index in [9.17, 15) is 4.79 Å². The topological polar surface area (TPSA) is 70.1 Å². The summed E-state index contributed by atoms with van der Waals surface area (Å²) >= 11 is 0. The van der Waals surface area contributed by atoms with Crippen LogP contribution in [0, 0.1) is 11.3 Å². The van der Waals surface area contributed by atoms with Gasteiger partial charge in [0.1, 0.15) is 6.07 Å². The number of rotatable bonds is 2. The second-order valence-corrected chi connectivity index (χ2v) is 4.86. The second-order valence-electron chi connectivity index (χ2n) is 4.86. The summed E-state index contributed by atoms with van der Waals surface area (Å²) in [5.41, 5.74) is 6.53. The second kappa shape index (κ2) is 4.79. The molecule has 1 aromatic rings. The van der Waals surface area contributed by atoms with Crippen LogP contribution in [-0.4, -0.2) is 18.5 Å². The molecule has 1 amide bonds. The molecule has 4 nitrogen and oxygen atoms in total. The van der Waals surface area contributed by atoms with Crippen LogP contribution in [0.3, 0.4) is 0 Å². The first-order valence-corrected chi connectivity index (χ1v) is 6.15. The fourth-order valence-electron chi connectivity index (χ4n) is 2.52. The van der Waals surface area contributed by atoms with Gasteiger partial charge in [0.15, 0.2) is 0 Å². The number of benzene rings is 1. The molecule has 0 radical (unpaired) electrons. The summed E-state index contributed by atoms with van der Waals surface area (Å²) in [6.07, 6.45) is 3.45. The van der Waals surface area contributed by atoms with Crippen LogP contribution in [0.15, 0.2) is 24.3 Å². The van der Waals surface area contributed by atoms with Gasteiger partial charge in [-0.15, -0.1) is 0 Å². The van der Waals surface area contributed by atoms with Gasteiger partial charge in [-0.3, -0.25) is 4.79 Å². The molecule has 0 heterocycles. The summed E-state index contributed by atoms with van der Waals surface area (Å²) in [5, 5.41) is 9.06. The van der Waals surface area contributed by atoms with E-state index >= 15 is 0 Å². The van der Waals surface area contributed by atoms with Crippen molar-refractivity contribution in [3.05, 3.63) is 29.8 Å². The molecule has 2 N–H and O–H groups in total. The Balaban J connectivity index is 2.29. The Morgan fingerprint density at radius 1 is 1.39 bits per heavy atom. The molecule has 0 bridgehead atoms. The summed E-state index contributed by atoms with van der Waals surface area (Å²) in [6.45, 7) is 0. The van der Waals surface area contributed by atoms with Gasteiger partial charge in [0.05, 0.1) is 16.8 Å². The highest BCUT2D eigenvalue weighted by Crippen LogP contribution is 2.30. The minimum Gasteiger partial charge on any atom is -0.317 e. The molecule has 1 saturated carbocycles. The Hall–Kier alpha value is -1.86. The predicted molar refractivity (Wildman–Crippen MR) is 70.0 cm³/mol. The van der Waals surface area contributed by atoms with Gasteiger partial charge in [0.25, 0.3) is 0 Å². The van der Waals surface area contributed by atoms with Crippen molar-refractivity contribution < 1.29 is 4.79 Å². The van der Waals surface area contributed by atoms with Gasteiger partial charge in [-0.1, -0.05) is 25.0 Å². The molecule has 94 valence electrons. The Morgan fingerprint density at radius 3 is 2.61 bits per heavy atom. The van der Waals surface area contributed by atoms with Crippen LogP contribution in [0.25, 0.3) is 0 Å². The number of nitrogens with two attached hydrogens (primary N) is 1. The average Bonchev–Trinajstić information content (AvgIpc) is 2.85. The number of anilines is 1. The number of carbonyl (C=O) groups is 1. The number of likely N-dealkylation sites (N-methyl/N-ethyl adjacent to an activating group) is 1. The minimum atomic E-state index is -0.753. The highest BCUT2D eigenvalue weighted by atomic mass is 16.2. The quantitative estimate of drug-likeness (QED) is 0.860. The monoisotopic (exact) mass is 243 g/mol. The van der Waals surface area contributed by atoms with Crippen LogP contribution in [0.2, 0.25) is 0 Å². The van der Waals surface area contributed by atoms with Crippen molar-refractivity contribution in [1.82, 2.24) is 0 Å². The van der Waals surface area contributed by atoms with Crippen molar-refractivity contribution in [3.63, 3.8) is 0 Å². The standard InChI is InChI=1S/C14H17N3O/c1-17(12-7-3-2-6-11(12)10-15)13(18)14(16)8-4-5-9-14/h2-3,6-7H,4-5,8-9,16H2,1H3. The molecule has 1 fully saturated rings. The van der Waals surface area contributed by atoms with E-state index in [1.54, 1.807) is 25.2 Å². The van der Waals surface area contributed by atoms with Gasteiger partial charge in [0.2, 0.25) is 5.91 Å². The molecule has 0 saturated heterocycles. The zero-order chi connectivity index (χ0) is 13.2. The lowest BCUT2D eigenvalue weighted by Gasteiger charge is -2.29. The molecule has 4 heteroatoms. The first-order valence-electron chi connectivity index (χ1n) is 6.15. The number of hydrogen-bond acceptors (Lipinski definition) is 3. The third kappa shape index (κ3) is 2.09. The molecule has 1 aliphatic rings. The van der Waals surface area contributed by atoms with E-state index < -0.39 is 5.54 Å². The maximum Gasteiger partial charge on any atom is 0.246 e. The van der Waals surface area contributed by atoms with E-state index in [0.29, 0.717) is 11.3 Å². The number of nitrogens with zero attached hydrogens (tertiary/aromatic N) is 2. The van der Waals surface area contributed by atoms with Crippen LogP contribution in [-0.2, 0) is 4.79 Å². The minimum absolute atomic E-state index is 0.0947. The fraction of sp³-hybridized carbons (Fsp3) is 0.429. The average molecular weight is 243 g/mol. The Morgan fingerprint density at radius 2 is 2.00 bits per heavy atom. The van der Waals surface area contributed by atoms with E-state index in [1.165, 1.54) is 4.90 Å². The van der Waals surface area contributed by atoms with E-state index in [0.717, 1.165) is 25.7 Å². The Kier molecular flexibility index (Phi) is 3.35. The van der Waals surface area contributed by atoms with Crippen molar-refractivity contribution in [2.24, 2.45) is 5.73 Å². The highest BCUT2D eigenvalue weighted by Gasteiger charge is 2.39. The van der Waals surface area contributed by atoms with E-state index in [4.69, 9.17) is 11.0 Å². The van der Waals surface area contributed by atoms with Crippen LogP contribution in [0.5, 0.6) is 0 Å². The lowest BCUT2D eigenvalue weighted by molar-refractivity contribution is -0.123. The van der Waals surface area contributed by atoms with Gasteiger partial charge in [-0.05, 0) is 25.0 Å². The molecule has 2 rings (SSSR count). The molecule has 0 atom stereocenters. The molecule has 0 spiro atoms. The lowest BCUT2D eigenvalue weighted by atomic mass is 9.97. The van der Waals surface area contributed by atoms with Gasteiger partial charge in [0, 0.05) is 7.05 Å². The number of amides is 1. The highest BCUT2D eigenvalue weighted by molar-refractivity contribution is 6.00. The summed E-state index contributed by atoms with van der Waals surface area (Å²) in [5.74, 6) is -0.0947. The first-order chi connectivity index (χ1) is 8.58. The smallest absolute Gasteiger partial charge is 0.246 e. The van der Waals surface area contributed by atoms with Gasteiger partial charge >= 0.3 is 0 Å². The lowest BCUT2D eigenvalue weighted by Crippen LogP contribution is -2.52. The van der Waals surface area contributed by atoms with E-state index in [2.05, 4.69) is 6.07 Å². The number of para-hydroxylation sites is 1. The summed E-state index contributed by atoms with van der Waals surface area (Å²) in [6, 6.07) is 9.18. The van der Waals surface area contributed by atoms with Crippen LogP contribution in [0.1, 0.15) is 31.2 Å². The maximum absolute atomic E-state index is 12.4. The van der Waals surface area contributed by atoms with Gasteiger partial charge < -0.3 is 10.6 Å². The largest absolute Gasteiger partial charge is 0.317 e. The summed E-state index contributed by atoms with van der Waals surface area (Å²) < 4.78 is 0. The Labute approximate surface area is 107 Å². The summed E-state index contributed by atoms with van der Waals surface area (Å²) in [4.78, 5) is 13.9. The van der Waals surface area contributed by atoms with Crippen LogP contribution < -0.4 is 10.6 Å². The fourth-order valence-corrected chi connectivity index (χ4v) is 2.52. The molecular weight excluding hydrogens is 226 g/mol. The first kappa shape index (κ1) is 12.6. The number of carbonyl (C=O) groups excluding carboxylic acids is 1. The van der Waals surface area contributed by atoms with Crippen LogP contribution >= 0.6 is 0 Å². The SMILES string of the molecule is CN(C(=O)C1(N)CCCC1)c1ccccc1C#N. The van der Waals surface area contributed by atoms with Crippen LogP contribution in [0.4, 0.5) is 5.69 Å². The third-order valence-corrected chi connectivity index (χ3v) is 3.61. The molecule has 1 aromatic carbocycles. The zero-order valence-corrected chi connectivity index (χ0v) is 10.5. The maximum atomic E-state index is 12.4. The Bertz CT molecular complexity index is 498. The number of hydrogen-bond donors (Lipinski definition) is 1. The van der Waals surface area contributed by atoms with Gasteiger partial charge in [-0.25, -0.2) is 0 Å².